The maximum absolute atomic E-state index is 12.3. The maximum atomic E-state index is 12.3. The Morgan fingerprint density at radius 1 is 1.24 bits per heavy atom. The normalized spacial score (nSPS) is 12.3. The highest BCUT2D eigenvalue weighted by Gasteiger charge is 2.16. The quantitative estimate of drug-likeness (QED) is 0.792. The predicted molar refractivity (Wildman–Crippen MR) is 85.0 cm³/mol. The number of carbonyl (C=O) groups is 1. The Morgan fingerprint density at radius 3 is 2.71 bits per heavy atom. The Morgan fingerprint density at radius 2 is 2.00 bits per heavy atom. The molecule has 2 aromatic carbocycles. The molecular formula is C15H13BrN4O. The van der Waals surface area contributed by atoms with Gasteiger partial charge in [-0.1, -0.05) is 40.2 Å². The van der Waals surface area contributed by atoms with Crippen molar-refractivity contribution in [3.63, 3.8) is 0 Å². The molecule has 3 aromatic rings. The van der Waals surface area contributed by atoms with Gasteiger partial charge in [0.1, 0.15) is 18.7 Å². The largest absolute Gasteiger partial charge is 0.324 e. The van der Waals surface area contributed by atoms with Gasteiger partial charge < -0.3 is 5.32 Å². The number of amides is 1. The third-order valence-corrected chi connectivity index (χ3v) is 4.03. The van der Waals surface area contributed by atoms with E-state index in [4.69, 9.17) is 0 Å². The molecule has 3 rings (SSSR count). The standard InChI is InChI=1S/C15H13BrN4O/c1-10(20-9-17-8-18-20)15(21)19-14-7-6-13(16)11-4-2-3-5-12(11)14/h2-10H,1H3,(H,19,21). The summed E-state index contributed by atoms with van der Waals surface area (Å²) in [5.41, 5.74) is 0.783. The summed E-state index contributed by atoms with van der Waals surface area (Å²) >= 11 is 3.52. The smallest absolute Gasteiger partial charge is 0.249 e. The zero-order chi connectivity index (χ0) is 14.8. The van der Waals surface area contributed by atoms with Crippen LogP contribution < -0.4 is 5.32 Å². The minimum Gasteiger partial charge on any atom is -0.324 e. The van der Waals surface area contributed by atoms with Crippen molar-refractivity contribution in [3.8, 4) is 0 Å². The highest BCUT2D eigenvalue weighted by Crippen LogP contribution is 2.30. The van der Waals surface area contributed by atoms with Crippen molar-refractivity contribution in [2.75, 3.05) is 5.32 Å². The average molecular weight is 345 g/mol. The summed E-state index contributed by atoms with van der Waals surface area (Å²) in [7, 11) is 0. The van der Waals surface area contributed by atoms with Crippen molar-refractivity contribution in [1.29, 1.82) is 0 Å². The summed E-state index contributed by atoms with van der Waals surface area (Å²) in [4.78, 5) is 16.2. The van der Waals surface area contributed by atoms with Crippen molar-refractivity contribution < 1.29 is 4.79 Å². The molecule has 106 valence electrons. The fraction of sp³-hybridized carbons (Fsp3) is 0.133. The number of rotatable bonds is 3. The van der Waals surface area contributed by atoms with Crippen LogP contribution >= 0.6 is 15.9 Å². The summed E-state index contributed by atoms with van der Waals surface area (Å²) in [6, 6.07) is 11.3. The number of anilines is 1. The van der Waals surface area contributed by atoms with Gasteiger partial charge in [0.15, 0.2) is 0 Å². The first kappa shape index (κ1) is 13.8. The fourth-order valence-corrected chi connectivity index (χ4v) is 2.62. The molecule has 1 amide bonds. The van der Waals surface area contributed by atoms with Gasteiger partial charge in [0.25, 0.3) is 0 Å². The van der Waals surface area contributed by atoms with Crippen LogP contribution in [0.4, 0.5) is 5.69 Å². The minimum atomic E-state index is -0.421. The molecule has 0 fully saturated rings. The first-order valence-electron chi connectivity index (χ1n) is 6.49. The number of aromatic nitrogens is 3. The van der Waals surface area contributed by atoms with Crippen LogP contribution in [0.5, 0.6) is 0 Å². The molecule has 0 bridgehead atoms. The second-order valence-corrected chi connectivity index (χ2v) is 5.54. The molecule has 1 aromatic heterocycles. The Kier molecular flexibility index (Phi) is 3.70. The Bertz CT molecular complexity index is 785. The third-order valence-electron chi connectivity index (χ3n) is 3.34. The molecule has 0 spiro atoms. The highest BCUT2D eigenvalue weighted by atomic mass is 79.9. The van der Waals surface area contributed by atoms with E-state index < -0.39 is 6.04 Å². The zero-order valence-electron chi connectivity index (χ0n) is 11.3. The van der Waals surface area contributed by atoms with Gasteiger partial charge >= 0.3 is 0 Å². The lowest BCUT2D eigenvalue weighted by atomic mass is 10.1. The van der Waals surface area contributed by atoms with E-state index in [1.54, 1.807) is 6.92 Å². The molecular weight excluding hydrogens is 332 g/mol. The molecule has 0 aliphatic rings. The van der Waals surface area contributed by atoms with E-state index in [0.717, 1.165) is 20.9 Å². The van der Waals surface area contributed by atoms with Crippen LogP contribution in [-0.2, 0) is 4.79 Å². The molecule has 0 aliphatic heterocycles. The van der Waals surface area contributed by atoms with Gasteiger partial charge in [0.2, 0.25) is 5.91 Å². The van der Waals surface area contributed by atoms with Crippen LogP contribution in [0, 0.1) is 0 Å². The second-order valence-electron chi connectivity index (χ2n) is 4.68. The molecule has 1 N–H and O–H groups in total. The molecule has 1 heterocycles. The SMILES string of the molecule is CC(C(=O)Nc1ccc(Br)c2ccccc12)n1cncn1. The first-order chi connectivity index (χ1) is 10.2. The second kappa shape index (κ2) is 5.65. The van der Waals surface area contributed by atoms with Gasteiger partial charge in [0.05, 0.1) is 0 Å². The van der Waals surface area contributed by atoms with Gasteiger partial charge in [-0.25, -0.2) is 9.67 Å². The number of carbonyl (C=O) groups excluding carboxylic acids is 1. The van der Waals surface area contributed by atoms with Crippen molar-refractivity contribution in [2.45, 2.75) is 13.0 Å². The van der Waals surface area contributed by atoms with Gasteiger partial charge in [-0.3, -0.25) is 4.79 Å². The van der Waals surface area contributed by atoms with Gasteiger partial charge in [-0.05, 0) is 24.4 Å². The lowest BCUT2D eigenvalue weighted by Crippen LogP contribution is -2.24. The van der Waals surface area contributed by atoms with Crippen molar-refractivity contribution in [2.24, 2.45) is 0 Å². The van der Waals surface area contributed by atoms with Crippen LogP contribution in [0.3, 0.4) is 0 Å². The fourth-order valence-electron chi connectivity index (χ4n) is 2.15. The molecule has 0 aliphatic carbocycles. The predicted octanol–water partition coefficient (Wildman–Crippen LogP) is 3.39. The van der Waals surface area contributed by atoms with Crippen LogP contribution in [0.1, 0.15) is 13.0 Å². The van der Waals surface area contributed by atoms with Crippen LogP contribution in [0.2, 0.25) is 0 Å². The van der Waals surface area contributed by atoms with E-state index in [2.05, 4.69) is 31.3 Å². The first-order valence-corrected chi connectivity index (χ1v) is 7.28. The molecule has 6 heteroatoms. The zero-order valence-corrected chi connectivity index (χ0v) is 12.9. The average Bonchev–Trinajstić information content (AvgIpc) is 3.04. The monoisotopic (exact) mass is 344 g/mol. The third kappa shape index (κ3) is 2.67. The topological polar surface area (TPSA) is 59.8 Å². The molecule has 1 unspecified atom stereocenters. The summed E-state index contributed by atoms with van der Waals surface area (Å²) in [6.45, 7) is 1.78. The number of halogens is 1. The van der Waals surface area contributed by atoms with E-state index in [1.165, 1.54) is 17.3 Å². The summed E-state index contributed by atoms with van der Waals surface area (Å²) < 4.78 is 2.52. The van der Waals surface area contributed by atoms with E-state index in [0.29, 0.717) is 0 Å². The van der Waals surface area contributed by atoms with Crippen molar-refractivity contribution >= 4 is 38.3 Å². The van der Waals surface area contributed by atoms with Gasteiger partial charge in [0, 0.05) is 15.5 Å². The summed E-state index contributed by atoms with van der Waals surface area (Å²) in [6.07, 6.45) is 2.95. The van der Waals surface area contributed by atoms with E-state index in [-0.39, 0.29) is 5.91 Å². The molecule has 0 radical (unpaired) electrons. The lowest BCUT2D eigenvalue weighted by Gasteiger charge is -2.14. The lowest BCUT2D eigenvalue weighted by molar-refractivity contribution is -0.119. The summed E-state index contributed by atoms with van der Waals surface area (Å²) in [5, 5.41) is 8.99. The minimum absolute atomic E-state index is 0.132. The molecule has 0 saturated carbocycles. The number of hydrogen-bond donors (Lipinski definition) is 1. The summed E-state index contributed by atoms with van der Waals surface area (Å²) in [5.74, 6) is -0.132. The number of fused-ring (bicyclic) bond motifs is 1. The Labute approximate surface area is 130 Å². The van der Waals surface area contributed by atoms with Crippen LogP contribution in [-0.4, -0.2) is 20.7 Å². The Hall–Kier alpha value is -2.21. The molecule has 21 heavy (non-hydrogen) atoms. The van der Waals surface area contributed by atoms with E-state index >= 15 is 0 Å². The van der Waals surface area contributed by atoms with Gasteiger partial charge in [-0.2, -0.15) is 5.10 Å². The van der Waals surface area contributed by atoms with Crippen LogP contribution in [0.15, 0.2) is 53.5 Å². The Balaban J connectivity index is 1.92. The number of hydrogen-bond acceptors (Lipinski definition) is 3. The molecule has 0 saturated heterocycles. The number of nitrogens with zero attached hydrogens (tertiary/aromatic N) is 3. The molecule has 1 atom stereocenters. The number of benzene rings is 2. The number of nitrogens with one attached hydrogen (secondary N) is 1. The maximum Gasteiger partial charge on any atom is 0.249 e. The van der Waals surface area contributed by atoms with E-state index in [9.17, 15) is 4.79 Å². The highest BCUT2D eigenvalue weighted by molar-refractivity contribution is 9.10. The molecule has 5 nitrogen and oxygen atoms in total. The van der Waals surface area contributed by atoms with Crippen LogP contribution in [0.25, 0.3) is 10.8 Å². The van der Waals surface area contributed by atoms with Crippen molar-refractivity contribution in [1.82, 2.24) is 14.8 Å². The van der Waals surface area contributed by atoms with Crippen molar-refractivity contribution in [3.05, 3.63) is 53.5 Å². The van der Waals surface area contributed by atoms with Gasteiger partial charge in [-0.15, -0.1) is 0 Å². The van der Waals surface area contributed by atoms with E-state index in [1.807, 2.05) is 36.4 Å².